The number of carboxylic acids is 1. The molecule has 5 rings (SSSR count). The van der Waals surface area contributed by atoms with Crippen LogP contribution in [0.1, 0.15) is 53.9 Å². The van der Waals surface area contributed by atoms with Gasteiger partial charge in [-0.05, 0) is 39.9 Å². The van der Waals surface area contributed by atoms with Crippen molar-refractivity contribution in [3.63, 3.8) is 0 Å². The molecule has 0 bridgehead atoms. The number of nitrogens with one attached hydrogen (secondary N) is 1. The van der Waals surface area contributed by atoms with Crippen molar-refractivity contribution < 1.29 is 29.3 Å². The van der Waals surface area contributed by atoms with Gasteiger partial charge in [0.25, 0.3) is 0 Å². The first-order valence-corrected chi connectivity index (χ1v) is 15.2. The van der Waals surface area contributed by atoms with Gasteiger partial charge in [-0.2, -0.15) is 0 Å². The van der Waals surface area contributed by atoms with Crippen LogP contribution in [0.25, 0.3) is 11.1 Å². The van der Waals surface area contributed by atoms with E-state index in [2.05, 4.69) is 10.3 Å². The average Bonchev–Trinajstić information content (AvgIpc) is 3.06. The van der Waals surface area contributed by atoms with Crippen LogP contribution in [-0.2, 0) is 32.2 Å². The van der Waals surface area contributed by atoms with E-state index in [4.69, 9.17) is 14.6 Å². The Labute approximate surface area is 255 Å². The second kappa shape index (κ2) is 14.9. The van der Waals surface area contributed by atoms with Crippen LogP contribution >= 0.6 is 11.8 Å². The molecular weight excluding hydrogens is 564 g/mol. The quantitative estimate of drug-likeness (QED) is 0.169. The Hall–Kier alpha value is -4.02. The fourth-order valence-corrected chi connectivity index (χ4v) is 5.79. The maximum absolute atomic E-state index is 12.1. The van der Waals surface area contributed by atoms with Crippen LogP contribution in [0.5, 0.6) is 0 Å². The van der Waals surface area contributed by atoms with E-state index in [0.29, 0.717) is 13.0 Å². The van der Waals surface area contributed by atoms with Crippen molar-refractivity contribution in [3.05, 3.63) is 119 Å². The number of carbonyl (C=O) groups is 2. The second-order valence-corrected chi connectivity index (χ2v) is 11.3. The van der Waals surface area contributed by atoms with E-state index >= 15 is 0 Å². The topological polar surface area (TPSA) is 118 Å². The number of aromatic nitrogens is 1. The third-order valence-corrected chi connectivity index (χ3v) is 8.30. The maximum atomic E-state index is 12.1. The summed E-state index contributed by atoms with van der Waals surface area (Å²) in [4.78, 5) is 27.3. The number of aliphatic carboxylic acids is 1. The molecule has 1 aliphatic heterocycles. The standard InChI is InChI=1S/C34H34N2O6S/c37-21-23-8-10-25(11-9-23)30-19-28(22-43-32-7-3-4-18-35-32)41-34(42-30)26-14-12-24(13-15-26)29-6-2-1-5-27(29)20-36-31(38)16-17-33(39)40/h1-15,18,28,30,34,37H,16-17,19-22H2,(H,36,38)(H,39,40)/t28-,30+,34+/m1/s1. The lowest BCUT2D eigenvalue weighted by atomic mass is 9.97. The number of amides is 1. The number of hydrogen-bond acceptors (Lipinski definition) is 7. The summed E-state index contributed by atoms with van der Waals surface area (Å²) in [5.74, 6) is -0.563. The molecule has 0 unspecified atom stereocenters. The Balaban J connectivity index is 1.31. The normalized spacial score (nSPS) is 18.2. The number of carbonyl (C=O) groups excluding carboxylic acids is 1. The number of thioether (sulfide) groups is 1. The van der Waals surface area contributed by atoms with Gasteiger partial charge in [-0.15, -0.1) is 11.8 Å². The summed E-state index contributed by atoms with van der Waals surface area (Å²) in [7, 11) is 0. The van der Waals surface area contributed by atoms with Crippen molar-refractivity contribution in [2.75, 3.05) is 5.75 Å². The molecule has 3 atom stereocenters. The van der Waals surface area contributed by atoms with E-state index in [9.17, 15) is 14.7 Å². The predicted molar refractivity (Wildman–Crippen MR) is 164 cm³/mol. The molecule has 0 spiro atoms. The predicted octanol–water partition coefficient (Wildman–Crippen LogP) is 6.06. The van der Waals surface area contributed by atoms with Gasteiger partial charge in [-0.25, -0.2) is 4.98 Å². The van der Waals surface area contributed by atoms with Gasteiger partial charge in [0, 0.05) is 36.9 Å². The van der Waals surface area contributed by atoms with Crippen molar-refractivity contribution >= 4 is 23.6 Å². The summed E-state index contributed by atoms with van der Waals surface area (Å²) in [6.45, 7) is 0.297. The maximum Gasteiger partial charge on any atom is 0.303 e. The molecule has 43 heavy (non-hydrogen) atoms. The van der Waals surface area contributed by atoms with Gasteiger partial charge in [0.15, 0.2) is 6.29 Å². The zero-order valence-corrected chi connectivity index (χ0v) is 24.4. The zero-order valence-electron chi connectivity index (χ0n) is 23.6. The largest absolute Gasteiger partial charge is 0.481 e. The van der Waals surface area contributed by atoms with Crippen LogP contribution in [0.4, 0.5) is 0 Å². The molecule has 1 aromatic heterocycles. The minimum atomic E-state index is -0.995. The minimum Gasteiger partial charge on any atom is -0.481 e. The van der Waals surface area contributed by atoms with Gasteiger partial charge < -0.3 is 25.0 Å². The van der Waals surface area contributed by atoms with Crippen LogP contribution in [0.15, 0.2) is 102 Å². The lowest BCUT2D eigenvalue weighted by Gasteiger charge is -2.36. The number of ether oxygens (including phenoxy) is 2. The molecule has 4 aromatic rings. The smallest absolute Gasteiger partial charge is 0.303 e. The number of benzene rings is 3. The molecule has 9 heteroatoms. The Morgan fingerprint density at radius 2 is 1.63 bits per heavy atom. The fraction of sp³-hybridized carbons (Fsp3) is 0.265. The number of nitrogens with zero attached hydrogens (tertiary/aromatic N) is 1. The van der Waals surface area contributed by atoms with Gasteiger partial charge in [-0.3, -0.25) is 9.59 Å². The molecule has 3 N–H and O–H groups in total. The first-order chi connectivity index (χ1) is 21.0. The number of carboxylic acid groups (broad SMARTS) is 1. The van der Waals surface area contributed by atoms with E-state index in [-0.39, 0.29) is 37.6 Å². The van der Waals surface area contributed by atoms with E-state index in [1.807, 2.05) is 91.0 Å². The van der Waals surface area contributed by atoms with Gasteiger partial charge in [0.1, 0.15) is 0 Å². The Bertz CT molecular complexity index is 1500. The lowest BCUT2D eigenvalue weighted by molar-refractivity contribution is -0.245. The molecule has 222 valence electrons. The molecule has 0 aliphatic carbocycles. The van der Waals surface area contributed by atoms with Crippen molar-refractivity contribution in [1.82, 2.24) is 10.3 Å². The summed E-state index contributed by atoms with van der Waals surface area (Å²) in [6.07, 6.45) is 1.42. The Kier molecular flexibility index (Phi) is 10.6. The third kappa shape index (κ3) is 8.52. The van der Waals surface area contributed by atoms with E-state index in [0.717, 1.165) is 44.2 Å². The molecule has 2 heterocycles. The van der Waals surface area contributed by atoms with E-state index in [1.54, 1.807) is 18.0 Å². The number of aliphatic hydroxyl groups is 1. The highest BCUT2D eigenvalue weighted by Gasteiger charge is 2.32. The highest BCUT2D eigenvalue weighted by molar-refractivity contribution is 7.99. The molecule has 3 aromatic carbocycles. The molecule has 8 nitrogen and oxygen atoms in total. The first-order valence-electron chi connectivity index (χ1n) is 14.2. The summed E-state index contributed by atoms with van der Waals surface area (Å²) in [5, 5.41) is 22.1. The van der Waals surface area contributed by atoms with Gasteiger partial charge in [0.2, 0.25) is 5.91 Å². The minimum absolute atomic E-state index is 0.00650. The summed E-state index contributed by atoms with van der Waals surface area (Å²) in [5.41, 5.74) is 5.67. The second-order valence-electron chi connectivity index (χ2n) is 10.3. The van der Waals surface area contributed by atoms with Crippen molar-refractivity contribution in [1.29, 1.82) is 0 Å². The number of pyridine rings is 1. The van der Waals surface area contributed by atoms with E-state index < -0.39 is 12.3 Å². The first kappa shape index (κ1) is 30.4. The summed E-state index contributed by atoms with van der Waals surface area (Å²) >= 11 is 1.66. The van der Waals surface area contributed by atoms with Gasteiger partial charge >= 0.3 is 5.97 Å². The zero-order chi connectivity index (χ0) is 30.0. The van der Waals surface area contributed by atoms with E-state index in [1.165, 1.54) is 0 Å². The van der Waals surface area contributed by atoms with Gasteiger partial charge in [-0.1, -0.05) is 78.9 Å². The van der Waals surface area contributed by atoms with Crippen LogP contribution in [0.3, 0.4) is 0 Å². The van der Waals surface area contributed by atoms with Crippen LogP contribution in [0.2, 0.25) is 0 Å². The number of aliphatic hydroxyl groups excluding tert-OH is 1. The number of rotatable bonds is 12. The van der Waals surface area contributed by atoms with Crippen molar-refractivity contribution in [3.8, 4) is 11.1 Å². The van der Waals surface area contributed by atoms with Crippen LogP contribution in [-0.4, -0.2) is 38.9 Å². The van der Waals surface area contributed by atoms with Gasteiger partial charge in [0.05, 0.1) is 30.3 Å². The average molecular weight is 599 g/mol. The SMILES string of the molecule is O=C(O)CCC(=O)NCc1ccccc1-c1ccc([C@H]2O[C@@H](CSc3ccccn3)C[C@@H](c3ccc(CO)cc3)O2)cc1. The summed E-state index contributed by atoms with van der Waals surface area (Å²) < 4.78 is 13.0. The Morgan fingerprint density at radius 3 is 2.35 bits per heavy atom. The fourth-order valence-electron chi connectivity index (χ4n) is 4.91. The highest BCUT2D eigenvalue weighted by Crippen LogP contribution is 2.40. The molecule has 0 saturated carbocycles. The van der Waals surface area contributed by atoms with Crippen molar-refractivity contribution in [2.45, 2.75) is 55.9 Å². The molecule has 1 fully saturated rings. The molecule has 1 aliphatic rings. The molecule has 1 saturated heterocycles. The monoisotopic (exact) mass is 598 g/mol. The lowest BCUT2D eigenvalue weighted by Crippen LogP contribution is -2.31. The highest BCUT2D eigenvalue weighted by atomic mass is 32.2. The Morgan fingerprint density at radius 1 is 0.884 bits per heavy atom. The summed E-state index contributed by atoms with van der Waals surface area (Å²) in [6, 6.07) is 29.6. The molecular formula is C34H34N2O6S. The number of hydrogen-bond donors (Lipinski definition) is 3. The molecule has 0 radical (unpaired) electrons. The van der Waals surface area contributed by atoms with Crippen molar-refractivity contribution in [2.24, 2.45) is 0 Å². The van der Waals surface area contributed by atoms with Crippen LogP contribution < -0.4 is 5.32 Å². The molecule has 1 amide bonds. The van der Waals surface area contributed by atoms with Crippen LogP contribution in [0, 0.1) is 0 Å². The third-order valence-electron chi connectivity index (χ3n) is 7.22.